The molecule has 1 N–H and O–H groups in total. The van der Waals surface area contributed by atoms with E-state index in [1.165, 1.54) is 12.5 Å². The van der Waals surface area contributed by atoms with Crippen molar-refractivity contribution < 1.29 is 24.2 Å². The van der Waals surface area contributed by atoms with Crippen LogP contribution in [-0.4, -0.2) is 35.4 Å². The molecular weight excluding hydrogens is 440 g/mol. The van der Waals surface area contributed by atoms with Crippen molar-refractivity contribution in [2.24, 2.45) is 34.5 Å². The lowest BCUT2D eigenvalue weighted by Crippen LogP contribution is -2.57. The van der Waals surface area contributed by atoms with Gasteiger partial charge in [-0.05, 0) is 87.2 Å². The van der Waals surface area contributed by atoms with Gasteiger partial charge in [-0.25, -0.2) is 4.79 Å². The van der Waals surface area contributed by atoms with E-state index in [1.807, 2.05) is 37.3 Å². The van der Waals surface area contributed by atoms with Crippen LogP contribution in [0.15, 0.2) is 42.0 Å². The fourth-order valence-electron chi connectivity index (χ4n) is 8.50. The molecule has 0 radical (unpaired) electrons. The van der Waals surface area contributed by atoms with Gasteiger partial charge in [0, 0.05) is 18.3 Å². The Morgan fingerprint density at radius 2 is 1.83 bits per heavy atom. The molecule has 0 amide bonds. The first kappa shape index (κ1) is 24.5. The third kappa shape index (κ3) is 4.04. The topological polar surface area (TPSA) is 72.8 Å². The largest absolute Gasteiger partial charge is 0.463 e. The Bertz CT molecular complexity index is 1000. The van der Waals surface area contributed by atoms with Crippen LogP contribution in [0.5, 0.6) is 0 Å². The van der Waals surface area contributed by atoms with Gasteiger partial charge in [0.25, 0.3) is 0 Å². The first-order chi connectivity index (χ1) is 16.6. The molecule has 190 valence electrons. The van der Waals surface area contributed by atoms with E-state index in [4.69, 9.17) is 9.47 Å². The number of fused-ring (bicyclic) bond motifs is 5. The number of hydrogen-bond acceptors (Lipinski definition) is 5. The van der Waals surface area contributed by atoms with Gasteiger partial charge in [0.2, 0.25) is 0 Å². The van der Waals surface area contributed by atoms with Crippen molar-refractivity contribution in [2.45, 2.75) is 91.0 Å². The summed E-state index contributed by atoms with van der Waals surface area (Å²) in [5, 5.41) is 11.6. The lowest BCUT2D eigenvalue weighted by atomic mass is 9.45. The number of aliphatic hydroxyl groups excluding tert-OH is 1. The van der Waals surface area contributed by atoms with Crippen molar-refractivity contribution in [1.82, 2.24) is 0 Å². The summed E-state index contributed by atoms with van der Waals surface area (Å²) >= 11 is 0. The van der Waals surface area contributed by atoms with Crippen LogP contribution in [0.1, 0.15) is 83.0 Å². The molecule has 5 rings (SSSR count). The highest BCUT2D eigenvalue weighted by Crippen LogP contribution is 2.66. The molecule has 4 aliphatic rings. The van der Waals surface area contributed by atoms with Crippen LogP contribution in [-0.2, 0) is 14.3 Å². The number of aliphatic hydroxyl groups is 1. The molecule has 0 saturated heterocycles. The smallest absolute Gasteiger partial charge is 0.338 e. The zero-order valence-electron chi connectivity index (χ0n) is 21.5. The van der Waals surface area contributed by atoms with E-state index in [1.54, 1.807) is 0 Å². The Balaban J connectivity index is 1.31. The van der Waals surface area contributed by atoms with Crippen LogP contribution in [0.2, 0.25) is 0 Å². The second kappa shape index (κ2) is 9.06. The van der Waals surface area contributed by atoms with Crippen LogP contribution in [0.3, 0.4) is 0 Å². The summed E-state index contributed by atoms with van der Waals surface area (Å²) in [4.78, 5) is 24.3. The van der Waals surface area contributed by atoms with Crippen LogP contribution in [0.4, 0.5) is 0 Å². The van der Waals surface area contributed by atoms with Crippen LogP contribution in [0.25, 0.3) is 0 Å². The number of carbonyl (C=O) groups is 2. The van der Waals surface area contributed by atoms with E-state index in [9.17, 15) is 14.7 Å². The lowest BCUT2D eigenvalue weighted by molar-refractivity contribution is -0.156. The summed E-state index contributed by atoms with van der Waals surface area (Å²) in [5.74, 6) is 1.06. The van der Waals surface area contributed by atoms with E-state index in [-0.39, 0.29) is 40.9 Å². The van der Waals surface area contributed by atoms with Crippen molar-refractivity contribution >= 4 is 11.9 Å². The number of rotatable bonds is 4. The highest BCUT2D eigenvalue weighted by molar-refractivity contribution is 5.89. The van der Waals surface area contributed by atoms with Gasteiger partial charge in [-0.1, -0.05) is 43.7 Å². The fourth-order valence-corrected chi connectivity index (χ4v) is 8.50. The van der Waals surface area contributed by atoms with E-state index >= 15 is 0 Å². The fraction of sp³-hybridized carbons (Fsp3) is 0.667. The average molecular weight is 481 g/mol. The summed E-state index contributed by atoms with van der Waals surface area (Å²) in [7, 11) is 0. The standard InChI is InChI=1S/C30H40O5/c1-18(34-19(2)31)24-12-13-25-23-11-10-21-16-22(35-28(33)20-8-6-5-7-9-20)14-15-29(21,3)26(23)17-27(32)30(24,25)4/h5-9,13,18,21-24,26-27,32H,10-12,14-17H2,1-4H3/t18?,21-,22+,23?,24-,26?,27-,29+,30-/m1/s1. The summed E-state index contributed by atoms with van der Waals surface area (Å²) < 4.78 is 11.5. The zero-order chi connectivity index (χ0) is 25.0. The molecule has 5 nitrogen and oxygen atoms in total. The first-order valence-electron chi connectivity index (χ1n) is 13.5. The molecule has 3 fully saturated rings. The molecule has 1 aromatic rings. The van der Waals surface area contributed by atoms with Crippen molar-refractivity contribution in [3.8, 4) is 0 Å². The Hall–Kier alpha value is -2.14. The maximum Gasteiger partial charge on any atom is 0.338 e. The summed E-state index contributed by atoms with van der Waals surface area (Å²) in [6, 6.07) is 9.27. The van der Waals surface area contributed by atoms with E-state index in [2.05, 4.69) is 19.9 Å². The normalized spacial score (nSPS) is 41.0. The van der Waals surface area contributed by atoms with Gasteiger partial charge in [0.15, 0.2) is 0 Å². The number of carbonyl (C=O) groups excluding carboxylic acids is 2. The summed E-state index contributed by atoms with van der Waals surface area (Å²) in [6.45, 7) is 8.06. The molecule has 35 heavy (non-hydrogen) atoms. The van der Waals surface area contributed by atoms with Crippen molar-refractivity contribution in [1.29, 1.82) is 0 Å². The number of ether oxygens (including phenoxy) is 2. The van der Waals surface area contributed by atoms with Gasteiger partial charge in [-0.15, -0.1) is 0 Å². The predicted octanol–water partition coefficient (Wildman–Crippen LogP) is 5.71. The molecule has 0 bridgehead atoms. The molecule has 0 heterocycles. The Morgan fingerprint density at radius 3 is 2.54 bits per heavy atom. The third-order valence-corrected chi connectivity index (χ3v) is 10.4. The quantitative estimate of drug-likeness (QED) is 0.441. The Kier molecular flexibility index (Phi) is 6.36. The maximum atomic E-state index is 12.6. The third-order valence-electron chi connectivity index (χ3n) is 10.4. The molecule has 4 aliphatic carbocycles. The monoisotopic (exact) mass is 480 g/mol. The van der Waals surface area contributed by atoms with Crippen LogP contribution in [0, 0.1) is 34.5 Å². The molecule has 1 aromatic carbocycles. The van der Waals surface area contributed by atoms with Gasteiger partial charge in [0.1, 0.15) is 12.2 Å². The number of hydrogen-bond donors (Lipinski definition) is 1. The highest BCUT2D eigenvalue weighted by atomic mass is 16.5. The lowest BCUT2D eigenvalue weighted by Gasteiger charge is -2.61. The van der Waals surface area contributed by atoms with Gasteiger partial charge in [0.05, 0.1) is 11.7 Å². The molecule has 9 atom stereocenters. The second-order valence-corrected chi connectivity index (χ2v) is 12.0. The first-order valence-corrected chi connectivity index (χ1v) is 13.5. The zero-order valence-corrected chi connectivity index (χ0v) is 21.5. The van der Waals surface area contributed by atoms with Crippen molar-refractivity contribution in [3.05, 3.63) is 47.5 Å². The van der Waals surface area contributed by atoms with E-state index < -0.39 is 6.10 Å². The second-order valence-electron chi connectivity index (χ2n) is 12.0. The maximum absolute atomic E-state index is 12.6. The highest BCUT2D eigenvalue weighted by Gasteiger charge is 2.61. The number of esters is 2. The molecule has 3 saturated carbocycles. The van der Waals surface area contributed by atoms with E-state index in [0.29, 0.717) is 23.3 Å². The summed E-state index contributed by atoms with van der Waals surface area (Å²) in [6.07, 6.45) is 8.40. The minimum atomic E-state index is -0.440. The summed E-state index contributed by atoms with van der Waals surface area (Å²) in [5.41, 5.74) is 1.83. The van der Waals surface area contributed by atoms with E-state index in [0.717, 1.165) is 44.9 Å². The van der Waals surface area contributed by atoms with Crippen LogP contribution < -0.4 is 0 Å². The molecule has 5 heteroatoms. The SMILES string of the molecule is CC(=O)OC(C)[C@H]1CC=C2C3CC[C@@H]4C[C@@H](OC(=O)c5ccccc5)CC[C@]4(C)C3C[C@@H](O)[C@@]21C. The Labute approximate surface area is 209 Å². The predicted molar refractivity (Wildman–Crippen MR) is 133 cm³/mol. The minimum absolute atomic E-state index is 0.0317. The Morgan fingerprint density at radius 1 is 1.09 bits per heavy atom. The van der Waals surface area contributed by atoms with Gasteiger partial charge < -0.3 is 14.6 Å². The number of allylic oxidation sites excluding steroid dienone is 1. The average Bonchev–Trinajstić information content (AvgIpc) is 3.19. The molecular formula is C30H40O5. The van der Waals surface area contributed by atoms with Crippen molar-refractivity contribution in [3.63, 3.8) is 0 Å². The number of benzene rings is 1. The molecule has 0 aliphatic heterocycles. The molecule has 0 spiro atoms. The molecule has 0 aromatic heterocycles. The van der Waals surface area contributed by atoms with Gasteiger partial charge >= 0.3 is 11.9 Å². The van der Waals surface area contributed by atoms with Gasteiger partial charge in [-0.3, -0.25) is 4.79 Å². The van der Waals surface area contributed by atoms with Gasteiger partial charge in [-0.2, -0.15) is 0 Å². The van der Waals surface area contributed by atoms with Crippen LogP contribution >= 0.6 is 0 Å². The van der Waals surface area contributed by atoms with Crippen molar-refractivity contribution in [2.75, 3.05) is 0 Å². The minimum Gasteiger partial charge on any atom is -0.463 e. The molecule has 3 unspecified atom stereocenters.